The van der Waals surface area contributed by atoms with Gasteiger partial charge in [-0.3, -0.25) is 4.79 Å². The Labute approximate surface area is 150 Å². The van der Waals surface area contributed by atoms with Crippen LogP contribution in [0.3, 0.4) is 0 Å². The van der Waals surface area contributed by atoms with Crippen molar-refractivity contribution in [1.82, 2.24) is 4.90 Å². The number of hydrogen-bond acceptors (Lipinski definition) is 4. The molecule has 0 atom stereocenters. The molecule has 2 aromatic carbocycles. The molecule has 2 aliphatic rings. The maximum Gasteiger partial charge on any atom is 0.335 e. The van der Waals surface area contributed by atoms with Crippen LogP contribution in [0, 0.1) is 0 Å². The number of fused-ring (bicyclic) bond motifs is 1. The molecular weight excluding hydrogens is 336 g/mol. The zero-order valence-corrected chi connectivity index (χ0v) is 14.5. The lowest BCUT2D eigenvalue weighted by Gasteiger charge is -2.19. The van der Waals surface area contributed by atoms with Crippen molar-refractivity contribution in [2.75, 3.05) is 23.9 Å². The molecule has 0 unspecified atom stereocenters. The van der Waals surface area contributed by atoms with E-state index in [0.717, 1.165) is 53.6 Å². The largest absolute Gasteiger partial charge is 0.478 e. The zero-order valence-electron chi connectivity index (χ0n) is 13.6. The summed E-state index contributed by atoms with van der Waals surface area (Å²) in [4.78, 5) is 28.7. The molecule has 2 heterocycles. The molecule has 2 aliphatic heterocycles. The van der Waals surface area contributed by atoms with E-state index in [2.05, 4.69) is 4.90 Å². The van der Waals surface area contributed by atoms with Crippen LogP contribution in [-0.4, -0.2) is 40.8 Å². The number of carbonyl (C=O) groups is 2. The molecule has 2 aromatic rings. The standard InChI is InChI=1S/C19H18N2O3S/c22-18(20-9-1-2-10-20)14-5-8-16-17(11-14)25-12-21(16)15-6-3-13(4-7-15)19(23)24/h3-8,11H,1-2,9-10,12H2,(H,23,24). The number of likely N-dealkylation sites (tertiary alicyclic amines) is 1. The van der Waals surface area contributed by atoms with E-state index < -0.39 is 5.97 Å². The number of carboxylic acids is 1. The highest BCUT2D eigenvalue weighted by Crippen LogP contribution is 2.43. The predicted molar refractivity (Wildman–Crippen MR) is 97.8 cm³/mol. The van der Waals surface area contributed by atoms with E-state index in [1.165, 1.54) is 0 Å². The molecule has 5 nitrogen and oxygen atoms in total. The van der Waals surface area contributed by atoms with Gasteiger partial charge in [0, 0.05) is 29.2 Å². The van der Waals surface area contributed by atoms with Crippen LogP contribution < -0.4 is 4.90 Å². The quantitative estimate of drug-likeness (QED) is 0.908. The zero-order chi connectivity index (χ0) is 17.4. The third-order valence-electron chi connectivity index (χ3n) is 4.67. The Bertz CT molecular complexity index is 829. The van der Waals surface area contributed by atoms with Crippen LogP contribution in [-0.2, 0) is 0 Å². The van der Waals surface area contributed by atoms with E-state index in [9.17, 15) is 9.59 Å². The Morgan fingerprint density at radius 1 is 0.960 bits per heavy atom. The van der Waals surface area contributed by atoms with Crippen molar-refractivity contribution in [1.29, 1.82) is 0 Å². The van der Waals surface area contributed by atoms with Crippen LogP contribution in [0.15, 0.2) is 47.4 Å². The summed E-state index contributed by atoms with van der Waals surface area (Å²) in [6.45, 7) is 1.70. The second kappa shape index (κ2) is 6.44. The summed E-state index contributed by atoms with van der Waals surface area (Å²) < 4.78 is 0. The van der Waals surface area contributed by atoms with Crippen LogP contribution >= 0.6 is 11.8 Å². The van der Waals surface area contributed by atoms with E-state index in [1.54, 1.807) is 23.9 Å². The lowest BCUT2D eigenvalue weighted by molar-refractivity contribution is 0.0696. The molecule has 128 valence electrons. The van der Waals surface area contributed by atoms with Gasteiger partial charge in [-0.05, 0) is 55.3 Å². The lowest BCUT2D eigenvalue weighted by Crippen LogP contribution is -2.27. The first kappa shape index (κ1) is 16.0. The minimum Gasteiger partial charge on any atom is -0.478 e. The first-order valence-electron chi connectivity index (χ1n) is 8.30. The predicted octanol–water partition coefficient (Wildman–Crippen LogP) is 3.82. The molecule has 0 bridgehead atoms. The average Bonchev–Trinajstić information content (AvgIpc) is 3.30. The van der Waals surface area contributed by atoms with Gasteiger partial charge in [-0.25, -0.2) is 4.79 Å². The van der Waals surface area contributed by atoms with Crippen molar-refractivity contribution >= 4 is 35.0 Å². The average molecular weight is 354 g/mol. The van der Waals surface area contributed by atoms with Gasteiger partial charge in [0.05, 0.1) is 17.1 Å². The summed E-state index contributed by atoms with van der Waals surface area (Å²) in [6.07, 6.45) is 2.18. The number of carbonyl (C=O) groups excluding carboxylic acids is 1. The van der Waals surface area contributed by atoms with Crippen LogP contribution in [0.1, 0.15) is 33.6 Å². The molecule has 1 amide bonds. The van der Waals surface area contributed by atoms with E-state index in [0.29, 0.717) is 0 Å². The summed E-state index contributed by atoms with van der Waals surface area (Å²) in [5, 5.41) is 9.02. The van der Waals surface area contributed by atoms with Crippen LogP contribution in [0.4, 0.5) is 11.4 Å². The number of benzene rings is 2. The molecule has 25 heavy (non-hydrogen) atoms. The maximum atomic E-state index is 12.5. The number of amides is 1. The van der Waals surface area contributed by atoms with Gasteiger partial charge in [-0.1, -0.05) is 0 Å². The first-order valence-corrected chi connectivity index (χ1v) is 9.29. The van der Waals surface area contributed by atoms with E-state index in [4.69, 9.17) is 5.11 Å². The van der Waals surface area contributed by atoms with Gasteiger partial charge in [-0.15, -0.1) is 11.8 Å². The summed E-state index contributed by atoms with van der Waals surface area (Å²) >= 11 is 1.69. The molecular formula is C19H18N2O3S. The highest BCUT2D eigenvalue weighted by atomic mass is 32.2. The van der Waals surface area contributed by atoms with Gasteiger partial charge in [0.2, 0.25) is 0 Å². The van der Waals surface area contributed by atoms with E-state index in [1.807, 2.05) is 35.2 Å². The van der Waals surface area contributed by atoms with Crippen LogP contribution in [0.5, 0.6) is 0 Å². The number of rotatable bonds is 3. The monoisotopic (exact) mass is 354 g/mol. The van der Waals surface area contributed by atoms with Crippen LogP contribution in [0.2, 0.25) is 0 Å². The minimum absolute atomic E-state index is 0.116. The van der Waals surface area contributed by atoms with Crippen molar-refractivity contribution in [3.05, 3.63) is 53.6 Å². The topological polar surface area (TPSA) is 60.9 Å². The fraction of sp³-hybridized carbons (Fsp3) is 0.263. The molecule has 0 radical (unpaired) electrons. The van der Waals surface area contributed by atoms with Crippen molar-refractivity contribution in [2.45, 2.75) is 17.7 Å². The molecule has 1 N–H and O–H groups in total. The molecule has 1 saturated heterocycles. The third-order valence-corrected chi connectivity index (χ3v) is 5.69. The third kappa shape index (κ3) is 2.98. The van der Waals surface area contributed by atoms with Gasteiger partial charge < -0.3 is 14.9 Å². The lowest BCUT2D eigenvalue weighted by atomic mass is 10.1. The maximum absolute atomic E-state index is 12.5. The van der Waals surface area contributed by atoms with E-state index in [-0.39, 0.29) is 11.5 Å². The number of thioether (sulfide) groups is 1. The smallest absolute Gasteiger partial charge is 0.335 e. The number of carboxylic acid groups (broad SMARTS) is 1. The SMILES string of the molecule is O=C(O)c1ccc(N2CSc3cc(C(=O)N4CCCC4)ccc32)cc1. The number of aromatic carboxylic acids is 1. The fourth-order valence-corrected chi connectivity index (χ4v) is 4.38. The summed E-state index contributed by atoms with van der Waals surface area (Å²) in [5.74, 6) is -0.0543. The highest BCUT2D eigenvalue weighted by molar-refractivity contribution is 7.99. The molecule has 6 heteroatoms. The highest BCUT2D eigenvalue weighted by Gasteiger charge is 2.25. The number of hydrogen-bond donors (Lipinski definition) is 1. The van der Waals surface area contributed by atoms with Gasteiger partial charge >= 0.3 is 5.97 Å². The molecule has 0 saturated carbocycles. The van der Waals surface area contributed by atoms with Crippen molar-refractivity contribution in [3.8, 4) is 0 Å². The van der Waals surface area contributed by atoms with Gasteiger partial charge in [-0.2, -0.15) is 0 Å². The van der Waals surface area contributed by atoms with Crippen molar-refractivity contribution < 1.29 is 14.7 Å². The van der Waals surface area contributed by atoms with Gasteiger partial charge in [0.1, 0.15) is 0 Å². The van der Waals surface area contributed by atoms with Gasteiger partial charge in [0.25, 0.3) is 5.91 Å². The van der Waals surface area contributed by atoms with Crippen LogP contribution in [0.25, 0.3) is 0 Å². The second-order valence-electron chi connectivity index (χ2n) is 6.24. The Balaban J connectivity index is 1.58. The fourth-order valence-electron chi connectivity index (χ4n) is 3.29. The number of nitrogens with zero attached hydrogens (tertiary/aromatic N) is 2. The number of anilines is 2. The second-order valence-corrected chi connectivity index (χ2v) is 7.22. The molecule has 0 aromatic heterocycles. The molecule has 4 rings (SSSR count). The summed E-state index contributed by atoms with van der Waals surface area (Å²) in [5.41, 5.74) is 3.04. The molecule has 0 spiro atoms. The van der Waals surface area contributed by atoms with E-state index >= 15 is 0 Å². The molecule has 0 aliphatic carbocycles. The Hall–Kier alpha value is -2.47. The van der Waals surface area contributed by atoms with Crippen molar-refractivity contribution in [2.24, 2.45) is 0 Å². The Morgan fingerprint density at radius 3 is 2.32 bits per heavy atom. The first-order chi connectivity index (χ1) is 12.1. The van der Waals surface area contributed by atoms with Gasteiger partial charge in [0.15, 0.2) is 0 Å². The normalized spacial score (nSPS) is 16.2. The summed E-state index contributed by atoms with van der Waals surface area (Å²) in [6, 6.07) is 12.7. The Morgan fingerprint density at radius 2 is 1.64 bits per heavy atom. The Kier molecular flexibility index (Phi) is 4.13. The van der Waals surface area contributed by atoms with Crippen molar-refractivity contribution in [3.63, 3.8) is 0 Å². The summed E-state index contributed by atoms with van der Waals surface area (Å²) in [7, 11) is 0. The minimum atomic E-state index is -0.923. The molecule has 1 fully saturated rings.